The van der Waals surface area contributed by atoms with Crippen LogP contribution in [0.4, 0.5) is 0 Å². The number of hydrogen-bond donors (Lipinski definition) is 2. The molecule has 3 N–H and O–H groups in total. The van der Waals surface area contributed by atoms with E-state index in [-0.39, 0.29) is 0 Å². The Bertz CT molecular complexity index is 198. The number of carboxylic acid groups (broad SMARTS) is 1. The van der Waals surface area contributed by atoms with Crippen LogP contribution in [-0.2, 0) is 9.53 Å². The quantitative estimate of drug-likeness (QED) is 0.667. The van der Waals surface area contributed by atoms with Crippen LogP contribution in [0.3, 0.4) is 0 Å². The van der Waals surface area contributed by atoms with Crippen LogP contribution in [0.1, 0.15) is 47.0 Å². The topological polar surface area (TPSA) is 72.5 Å². The second-order valence-electron chi connectivity index (χ2n) is 4.78. The molecule has 0 aliphatic heterocycles. The fourth-order valence-corrected chi connectivity index (χ4v) is 1.34. The van der Waals surface area contributed by atoms with Gasteiger partial charge in [-0.2, -0.15) is 0 Å². The first-order chi connectivity index (χ1) is 6.78. The van der Waals surface area contributed by atoms with Crippen LogP contribution in [0, 0.1) is 5.92 Å². The van der Waals surface area contributed by atoms with Crippen LogP contribution in [-0.4, -0.2) is 22.9 Å². The van der Waals surface area contributed by atoms with Crippen molar-refractivity contribution in [3.63, 3.8) is 0 Å². The first-order valence-corrected chi connectivity index (χ1v) is 5.44. The third-order valence-electron chi connectivity index (χ3n) is 2.07. The number of ether oxygens (including phenoxy) is 1. The van der Waals surface area contributed by atoms with E-state index in [9.17, 15) is 4.79 Å². The van der Waals surface area contributed by atoms with Gasteiger partial charge in [-0.25, -0.2) is 0 Å². The van der Waals surface area contributed by atoms with E-state index in [1.807, 2.05) is 27.7 Å². The molecule has 0 spiro atoms. The molecule has 0 heterocycles. The summed E-state index contributed by atoms with van der Waals surface area (Å²) < 4.78 is 5.46. The van der Waals surface area contributed by atoms with Crippen LogP contribution in [0.2, 0.25) is 0 Å². The predicted octanol–water partition coefficient (Wildman–Crippen LogP) is 1.98. The number of hydrogen-bond acceptors (Lipinski definition) is 3. The number of carboxylic acids is 1. The summed E-state index contributed by atoms with van der Waals surface area (Å²) in [6.45, 7) is 7.62. The van der Waals surface area contributed by atoms with Crippen LogP contribution >= 0.6 is 0 Å². The monoisotopic (exact) mass is 217 g/mol. The molecule has 0 aromatic heterocycles. The van der Waals surface area contributed by atoms with Gasteiger partial charge in [0.15, 0.2) is 0 Å². The van der Waals surface area contributed by atoms with Gasteiger partial charge in [-0.15, -0.1) is 0 Å². The standard InChI is InChI=1S/C11H23NO3/c1-5-6-7-8(10(13)14)9(12)15-11(2,3)4/h8-9H,5-7,12H2,1-4H3,(H,13,14)/t8-,9?/m1/s1. The summed E-state index contributed by atoms with van der Waals surface area (Å²) in [7, 11) is 0. The molecule has 0 fully saturated rings. The van der Waals surface area contributed by atoms with Crippen LogP contribution in [0.25, 0.3) is 0 Å². The Balaban J connectivity index is 4.29. The maximum absolute atomic E-state index is 11.0. The Morgan fingerprint density at radius 3 is 2.33 bits per heavy atom. The van der Waals surface area contributed by atoms with E-state index in [4.69, 9.17) is 15.6 Å². The van der Waals surface area contributed by atoms with Crippen molar-refractivity contribution < 1.29 is 14.6 Å². The lowest BCUT2D eigenvalue weighted by Crippen LogP contribution is -2.42. The average molecular weight is 217 g/mol. The van der Waals surface area contributed by atoms with Gasteiger partial charge in [0.1, 0.15) is 6.23 Å². The highest BCUT2D eigenvalue weighted by atomic mass is 16.5. The summed E-state index contributed by atoms with van der Waals surface area (Å²) in [5.41, 5.74) is 5.34. The zero-order valence-corrected chi connectivity index (χ0v) is 10.1. The van der Waals surface area contributed by atoms with Crippen LogP contribution in [0.15, 0.2) is 0 Å². The molecule has 0 aromatic rings. The molecule has 0 radical (unpaired) electrons. The molecule has 0 bridgehead atoms. The van der Waals surface area contributed by atoms with Gasteiger partial charge < -0.3 is 15.6 Å². The lowest BCUT2D eigenvalue weighted by atomic mass is 10.00. The zero-order valence-electron chi connectivity index (χ0n) is 10.1. The van der Waals surface area contributed by atoms with Crippen molar-refractivity contribution in [2.75, 3.05) is 0 Å². The number of aliphatic carboxylic acids is 1. The van der Waals surface area contributed by atoms with Crippen molar-refractivity contribution in [1.82, 2.24) is 0 Å². The minimum atomic E-state index is -0.875. The fraction of sp³-hybridized carbons (Fsp3) is 0.909. The van der Waals surface area contributed by atoms with E-state index in [0.717, 1.165) is 12.8 Å². The van der Waals surface area contributed by atoms with E-state index in [0.29, 0.717) is 6.42 Å². The number of nitrogens with two attached hydrogens (primary N) is 1. The molecular weight excluding hydrogens is 194 g/mol. The lowest BCUT2D eigenvalue weighted by molar-refractivity contribution is -0.153. The van der Waals surface area contributed by atoms with Crippen molar-refractivity contribution >= 4 is 5.97 Å². The molecular formula is C11H23NO3. The first kappa shape index (κ1) is 14.4. The lowest BCUT2D eigenvalue weighted by Gasteiger charge is -2.28. The maximum Gasteiger partial charge on any atom is 0.310 e. The Labute approximate surface area is 91.8 Å². The average Bonchev–Trinajstić information content (AvgIpc) is 2.00. The largest absolute Gasteiger partial charge is 0.481 e. The molecule has 0 aliphatic carbocycles. The Morgan fingerprint density at radius 2 is 2.00 bits per heavy atom. The van der Waals surface area contributed by atoms with Gasteiger partial charge in [0.25, 0.3) is 0 Å². The number of carbonyl (C=O) groups is 1. The van der Waals surface area contributed by atoms with Crippen molar-refractivity contribution in [2.45, 2.75) is 58.8 Å². The van der Waals surface area contributed by atoms with E-state index in [1.54, 1.807) is 0 Å². The van der Waals surface area contributed by atoms with Gasteiger partial charge in [-0.1, -0.05) is 19.8 Å². The van der Waals surface area contributed by atoms with Gasteiger partial charge in [0, 0.05) is 0 Å². The maximum atomic E-state index is 11.0. The van der Waals surface area contributed by atoms with Crippen molar-refractivity contribution in [1.29, 1.82) is 0 Å². The number of rotatable bonds is 6. The van der Waals surface area contributed by atoms with Gasteiger partial charge >= 0.3 is 5.97 Å². The van der Waals surface area contributed by atoms with Crippen molar-refractivity contribution in [2.24, 2.45) is 11.7 Å². The molecule has 1 unspecified atom stereocenters. The second-order valence-corrected chi connectivity index (χ2v) is 4.78. The Kier molecular flexibility index (Phi) is 5.83. The van der Waals surface area contributed by atoms with Crippen LogP contribution < -0.4 is 5.73 Å². The first-order valence-electron chi connectivity index (χ1n) is 5.44. The Hall–Kier alpha value is -0.610. The molecule has 0 aromatic carbocycles. The van der Waals surface area contributed by atoms with Gasteiger partial charge in [0.05, 0.1) is 11.5 Å². The summed E-state index contributed by atoms with van der Waals surface area (Å²) in [6, 6.07) is 0. The van der Waals surface area contributed by atoms with Crippen molar-refractivity contribution in [3.8, 4) is 0 Å². The van der Waals surface area contributed by atoms with Gasteiger partial charge in [0.2, 0.25) is 0 Å². The minimum absolute atomic E-state index is 0.403. The third kappa shape index (κ3) is 6.47. The fourth-order valence-electron chi connectivity index (χ4n) is 1.34. The molecule has 15 heavy (non-hydrogen) atoms. The summed E-state index contributed by atoms with van der Waals surface area (Å²) in [6.07, 6.45) is 1.67. The SMILES string of the molecule is CCCC[C@@H](C(=O)O)C(N)OC(C)(C)C. The molecule has 4 heteroatoms. The van der Waals surface area contributed by atoms with E-state index in [2.05, 4.69) is 0 Å². The Morgan fingerprint density at radius 1 is 1.47 bits per heavy atom. The molecule has 0 aliphatic rings. The molecule has 0 saturated heterocycles. The summed E-state index contributed by atoms with van der Waals surface area (Å²) in [5, 5.41) is 9.01. The summed E-state index contributed by atoms with van der Waals surface area (Å²) >= 11 is 0. The molecule has 0 rings (SSSR count). The molecule has 0 saturated carbocycles. The van der Waals surface area contributed by atoms with Crippen molar-refractivity contribution in [3.05, 3.63) is 0 Å². The van der Waals surface area contributed by atoms with Crippen LogP contribution in [0.5, 0.6) is 0 Å². The van der Waals surface area contributed by atoms with Gasteiger partial charge in [-0.3, -0.25) is 4.79 Å². The zero-order chi connectivity index (χ0) is 12.1. The highest BCUT2D eigenvalue weighted by molar-refractivity contribution is 5.70. The highest BCUT2D eigenvalue weighted by Crippen LogP contribution is 2.18. The summed E-state index contributed by atoms with van der Waals surface area (Å²) in [4.78, 5) is 11.0. The highest BCUT2D eigenvalue weighted by Gasteiger charge is 2.28. The minimum Gasteiger partial charge on any atom is -0.481 e. The molecule has 4 nitrogen and oxygen atoms in total. The predicted molar refractivity (Wildman–Crippen MR) is 59.5 cm³/mol. The third-order valence-corrected chi connectivity index (χ3v) is 2.07. The molecule has 0 amide bonds. The molecule has 2 atom stereocenters. The number of unbranched alkanes of at least 4 members (excludes halogenated alkanes) is 1. The normalized spacial score (nSPS) is 16.1. The smallest absolute Gasteiger partial charge is 0.310 e. The van der Waals surface area contributed by atoms with E-state index >= 15 is 0 Å². The van der Waals surface area contributed by atoms with E-state index < -0.39 is 23.7 Å². The summed E-state index contributed by atoms with van der Waals surface area (Å²) in [5.74, 6) is -1.48. The van der Waals surface area contributed by atoms with Gasteiger partial charge in [-0.05, 0) is 27.2 Å². The second kappa shape index (κ2) is 6.08. The molecule has 90 valence electrons. The van der Waals surface area contributed by atoms with E-state index in [1.165, 1.54) is 0 Å².